The maximum absolute atomic E-state index is 12.8. The maximum Gasteiger partial charge on any atom is 0.251 e. The Kier molecular flexibility index (Phi) is 5.42. The number of hydrogen-bond acceptors (Lipinski definition) is 4. The summed E-state index contributed by atoms with van der Waals surface area (Å²) in [6.45, 7) is 3.32. The van der Waals surface area contributed by atoms with Crippen LogP contribution in [0.4, 0.5) is 0 Å². The van der Waals surface area contributed by atoms with E-state index in [9.17, 15) is 13.2 Å². The third-order valence-corrected chi connectivity index (χ3v) is 5.62. The average Bonchev–Trinajstić information content (AvgIpc) is 2.55. The number of piperidine rings is 1. The number of benzene rings is 1. The van der Waals surface area contributed by atoms with Gasteiger partial charge in [-0.05, 0) is 38.0 Å². The summed E-state index contributed by atoms with van der Waals surface area (Å²) in [6.07, 6.45) is 2.76. The molecule has 1 saturated heterocycles. The predicted molar refractivity (Wildman–Crippen MR) is 83.6 cm³/mol. The summed E-state index contributed by atoms with van der Waals surface area (Å²) >= 11 is 0. The first-order chi connectivity index (χ1) is 10.5. The van der Waals surface area contributed by atoms with Gasteiger partial charge in [0.1, 0.15) is 10.6 Å². The second-order valence-corrected chi connectivity index (χ2v) is 7.10. The Bertz CT molecular complexity index is 637. The molecule has 0 atom stereocenters. The van der Waals surface area contributed by atoms with Gasteiger partial charge in [-0.3, -0.25) is 4.79 Å². The number of ether oxygens (including phenoxy) is 1. The Balaban J connectivity index is 2.42. The monoisotopic (exact) mass is 326 g/mol. The molecule has 1 heterocycles. The largest absolute Gasteiger partial charge is 0.495 e. The van der Waals surface area contributed by atoms with E-state index >= 15 is 0 Å². The third kappa shape index (κ3) is 3.41. The van der Waals surface area contributed by atoms with Gasteiger partial charge in [0.2, 0.25) is 10.0 Å². The van der Waals surface area contributed by atoms with E-state index in [1.54, 1.807) is 6.07 Å². The number of nitrogens with one attached hydrogen (secondary N) is 1. The molecule has 0 unspecified atom stereocenters. The SMILES string of the molecule is CCNC(=O)c1ccc(OC)c(S(=O)(=O)N2CCCCC2)c1. The van der Waals surface area contributed by atoms with Crippen LogP contribution in [-0.4, -0.2) is 45.4 Å². The summed E-state index contributed by atoms with van der Waals surface area (Å²) in [5.41, 5.74) is 0.318. The molecule has 1 aromatic rings. The molecule has 1 aliphatic heterocycles. The van der Waals surface area contributed by atoms with E-state index in [0.29, 0.717) is 25.2 Å². The van der Waals surface area contributed by atoms with Crippen molar-refractivity contribution in [2.75, 3.05) is 26.7 Å². The van der Waals surface area contributed by atoms with Gasteiger partial charge in [0.25, 0.3) is 5.91 Å². The fourth-order valence-corrected chi connectivity index (χ4v) is 4.23. The zero-order chi connectivity index (χ0) is 16.2. The van der Waals surface area contributed by atoms with Crippen molar-refractivity contribution in [1.82, 2.24) is 9.62 Å². The van der Waals surface area contributed by atoms with E-state index in [0.717, 1.165) is 19.3 Å². The van der Waals surface area contributed by atoms with Crippen LogP contribution in [0.2, 0.25) is 0 Å². The minimum absolute atomic E-state index is 0.0562. The lowest BCUT2D eigenvalue weighted by atomic mass is 10.2. The molecular weight excluding hydrogens is 304 g/mol. The molecule has 1 amide bonds. The smallest absolute Gasteiger partial charge is 0.251 e. The average molecular weight is 326 g/mol. The number of amides is 1. The van der Waals surface area contributed by atoms with E-state index in [1.165, 1.54) is 23.5 Å². The molecule has 0 aromatic heterocycles. The molecule has 0 radical (unpaired) electrons. The summed E-state index contributed by atoms with van der Waals surface area (Å²) in [7, 11) is -2.22. The molecule has 0 saturated carbocycles. The van der Waals surface area contributed by atoms with Crippen molar-refractivity contribution >= 4 is 15.9 Å². The fraction of sp³-hybridized carbons (Fsp3) is 0.533. The molecule has 1 aliphatic rings. The van der Waals surface area contributed by atoms with E-state index < -0.39 is 10.0 Å². The standard InChI is InChI=1S/C15H22N2O4S/c1-3-16-15(18)12-7-8-13(21-2)14(11-12)22(19,20)17-9-5-4-6-10-17/h7-8,11H,3-6,9-10H2,1-2H3,(H,16,18). The van der Waals surface area contributed by atoms with Gasteiger partial charge in [0.15, 0.2) is 0 Å². The van der Waals surface area contributed by atoms with Crippen LogP contribution >= 0.6 is 0 Å². The van der Waals surface area contributed by atoms with Gasteiger partial charge in [0.05, 0.1) is 7.11 Å². The number of carbonyl (C=O) groups excluding carboxylic acids is 1. The molecule has 6 nitrogen and oxygen atoms in total. The molecule has 1 fully saturated rings. The van der Waals surface area contributed by atoms with Crippen molar-refractivity contribution < 1.29 is 17.9 Å². The molecule has 0 bridgehead atoms. The lowest BCUT2D eigenvalue weighted by molar-refractivity contribution is 0.0955. The van der Waals surface area contributed by atoms with Gasteiger partial charge in [-0.2, -0.15) is 4.31 Å². The first kappa shape index (κ1) is 16.8. The van der Waals surface area contributed by atoms with Gasteiger partial charge >= 0.3 is 0 Å². The van der Waals surface area contributed by atoms with Crippen LogP contribution in [0.15, 0.2) is 23.1 Å². The van der Waals surface area contributed by atoms with Gasteiger partial charge in [0, 0.05) is 25.2 Å². The summed E-state index contributed by atoms with van der Waals surface area (Å²) in [4.78, 5) is 12.0. The molecule has 0 aliphatic carbocycles. The van der Waals surface area contributed by atoms with Gasteiger partial charge in [-0.25, -0.2) is 8.42 Å². The molecule has 1 N–H and O–H groups in total. The Hall–Kier alpha value is -1.60. The molecular formula is C15H22N2O4S. The molecule has 122 valence electrons. The van der Waals surface area contributed by atoms with Crippen LogP contribution in [-0.2, 0) is 10.0 Å². The van der Waals surface area contributed by atoms with E-state index in [1.807, 2.05) is 6.92 Å². The third-order valence-electron chi connectivity index (χ3n) is 3.70. The molecule has 2 rings (SSSR count). The zero-order valence-electron chi connectivity index (χ0n) is 13.0. The number of sulfonamides is 1. The predicted octanol–water partition coefficient (Wildman–Crippen LogP) is 1.62. The van der Waals surface area contributed by atoms with Crippen LogP contribution in [0, 0.1) is 0 Å². The highest BCUT2D eigenvalue weighted by Crippen LogP contribution is 2.29. The van der Waals surface area contributed by atoms with Crippen molar-refractivity contribution in [3.05, 3.63) is 23.8 Å². The molecule has 22 heavy (non-hydrogen) atoms. The van der Waals surface area contributed by atoms with Gasteiger partial charge in [-0.15, -0.1) is 0 Å². The highest BCUT2D eigenvalue weighted by Gasteiger charge is 2.29. The minimum atomic E-state index is -3.65. The minimum Gasteiger partial charge on any atom is -0.495 e. The molecule has 0 spiro atoms. The van der Waals surface area contributed by atoms with Crippen molar-refractivity contribution in [2.24, 2.45) is 0 Å². The number of carbonyl (C=O) groups is 1. The molecule has 1 aromatic carbocycles. The Labute approximate surface area is 131 Å². The lowest BCUT2D eigenvalue weighted by Crippen LogP contribution is -2.36. The number of hydrogen-bond donors (Lipinski definition) is 1. The van der Waals surface area contributed by atoms with Crippen LogP contribution in [0.25, 0.3) is 0 Å². The van der Waals surface area contributed by atoms with Crippen molar-refractivity contribution in [1.29, 1.82) is 0 Å². The Morgan fingerprint density at radius 1 is 1.27 bits per heavy atom. The van der Waals surface area contributed by atoms with Crippen LogP contribution in [0.5, 0.6) is 5.75 Å². The summed E-state index contributed by atoms with van der Waals surface area (Å²) < 4.78 is 32.3. The Morgan fingerprint density at radius 2 is 1.95 bits per heavy atom. The summed E-state index contributed by atoms with van der Waals surface area (Å²) in [5.74, 6) is -0.0288. The van der Waals surface area contributed by atoms with Crippen molar-refractivity contribution in [3.8, 4) is 5.75 Å². The topological polar surface area (TPSA) is 75.7 Å². The van der Waals surface area contributed by atoms with E-state index in [-0.39, 0.29) is 16.6 Å². The van der Waals surface area contributed by atoms with E-state index in [4.69, 9.17) is 4.74 Å². The van der Waals surface area contributed by atoms with Crippen molar-refractivity contribution in [3.63, 3.8) is 0 Å². The maximum atomic E-state index is 12.8. The second-order valence-electron chi connectivity index (χ2n) is 5.19. The summed E-state index contributed by atoms with van der Waals surface area (Å²) in [6, 6.07) is 4.49. The van der Waals surface area contributed by atoms with Crippen LogP contribution < -0.4 is 10.1 Å². The Morgan fingerprint density at radius 3 is 2.55 bits per heavy atom. The highest BCUT2D eigenvalue weighted by molar-refractivity contribution is 7.89. The van der Waals surface area contributed by atoms with Gasteiger partial charge in [-0.1, -0.05) is 6.42 Å². The normalized spacial score (nSPS) is 16.3. The first-order valence-electron chi connectivity index (χ1n) is 7.47. The van der Waals surface area contributed by atoms with Crippen molar-refractivity contribution in [2.45, 2.75) is 31.1 Å². The number of methoxy groups -OCH3 is 1. The summed E-state index contributed by atoms with van der Waals surface area (Å²) in [5, 5.41) is 2.67. The fourth-order valence-electron chi connectivity index (χ4n) is 2.53. The highest BCUT2D eigenvalue weighted by atomic mass is 32.2. The van der Waals surface area contributed by atoms with Crippen LogP contribution in [0.3, 0.4) is 0 Å². The quantitative estimate of drug-likeness (QED) is 0.892. The lowest BCUT2D eigenvalue weighted by Gasteiger charge is -2.26. The number of nitrogens with zero attached hydrogens (tertiary/aromatic N) is 1. The second kappa shape index (κ2) is 7.11. The zero-order valence-corrected chi connectivity index (χ0v) is 13.8. The number of rotatable bonds is 5. The van der Waals surface area contributed by atoms with E-state index in [2.05, 4.69) is 5.32 Å². The van der Waals surface area contributed by atoms with Gasteiger partial charge < -0.3 is 10.1 Å². The first-order valence-corrected chi connectivity index (χ1v) is 8.91. The van der Waals surface area contributed by atoms with Crippen LogP contribution in [0.1, 0.15) is 36.5 Å². The molecule has 7 heteroatoms.